The summed E-state index contributed by atoms with van der Waals surface area (Å²) in [6.45, 7) is 0.753. The summed E-state index contributed by atoms with van der Waals surface area (Å²) in [7, 11) is 0. The molecule has 9 heteroatoms. The van der Waals surface area contributed by atoms with Gasteiger partial charge in [-0.15, -0.1) is 10.2 Å². The molecule has 0 spiro atoms. The second kappa shape index (κ2) is 9.74. The lowest BCUT2D eigenvalue weighted by Crippen LogP contribution is -2.41. The Bertz CT molecular complexity index is 1230. The van der Waals surface area contributed by atoms with E-state index in [9.17, 15) is 4.79 Å². The number of para-hydroxylation sites is 3. The van der Waals surface area contributed by atoms with Crippen molar-refractivity contribution in [3.05, 3.63) is 79.1 Å². The van der Waals surface area contributed by atoms with Crippen molar-refractivity contribution in [2.24, 2.45) is 0 Å². The largest absolute Gasteiger partial charge is 0.486 e. The number of pyridine rings is 1. The van der Waals surface area contributed by atoms with Crippen molar-refractivity contribution >= 4 is 17.7 Å². The third-order valence-corrected chi connectivity index (χ3v) is 5.94. The van der Waals surface area contributed by atoms with Gasteiger partial charge in [0.2, 0.25) is 5.91 Å². The first-order chi connectivity index (χ1) is 16.3. The summed E-state index contributed by atoms with van der Waals surface area (Å²) >= 11 is 1.33. The van der Waals surface area contributed by atoms with Gasteiger partial charge in [-0.05, 0) is 36.4 Å². The predicted molar refractivity (Wildman–Crippen MR) is 125 cm³/mol. The minimum Gasteiger partial charge on any atom is -0.486 e. The molecule has 1 N–H and O–H groups in total. The van der Waals surface area contributed by atoms with Gasteiger partial charge in [-0.1, -0.05) is 42.1 Å². The lowest BCUT2D eigenvalue weighted by molar-refractivity contribution is -0.119. The molecule has 4 aromatic rings. The molecule has 2 aromatic carbocycles. The molecule has 0 aliphatic carbocycles. The Balaban J connectivity index is 1.24. The molecule has 8 nitrogen and oxygen atoms in total. The number of fused-ring (bicyclic) bond motifs is 1. The van der Waals surface area contributed by atoms with Gasteiger partial charge in [0.25, 0.3) is 0 Å². The highest BCUT2D eigenvalue weighted by molar-refractivity contribution is 7.99. The number of hydrogen-bond donors (Lipinski definition) is 1. The average Bonchev–Trinajstić information content (AvgIpc) is 3.31. The molecule has 1 atom stereocenters. The summed E-state index contributed by atoms with van der Waals surface area (Å²) < 4.78 is 13.5. The molecule has 33 heavy (non-hydrogen) atoms. The van der Waals surface area contributed by atoms with E-state index in [-0.39, 0.29) is 17.8 Å². The normalized spacial score (nSPS) is 14.6. The van der Waals surface area contributed by atoms with Crippen molar-refractivity contribution in [1.29, 1.82) is 0 Å². The molecule has 0 fully saturated rings. The van der Waals surface area contributed by atoms with E-state index in [0.717, 1.165) is 17.0 Å². The lowest BCUT2D eigenvalue weighted by atomic mass is 10.2. The summed E-state index contributed by atoms with van der Waals surface area (Å²) in [5, 5.41) is 12.3. The van der Waals surface area contributed by atoms with Gasteiger partial charge in [-0.3, -0.25) is 14.3 Å². The Morgan fingerprint density at radius 1 is 1.00 bits per heavy atom. The van der Waals surface area contributed by atoms with Crippen molar-refractivity contribution in [3.8, 4) is 28.6 Å². The van der Waals surface area contributed by atoms with Crippen molar-refractivity contribution in [2.75, 3.05) is 18.9 Å². The van der Waals surface area contributed by atoms with Crippen LogP contribution in [0.15, 0.2) is 84.3 Å². The van der Waals surface area contributed by atoms with Crippen LogP contribution in [0.5, 0.6) is 11.5 Å². The molecule has 0 radical (unpaired) electrons. The second-order valence-electron chi connectivity index (χ2n) is 7.30. The fourth-order valence-electron chi connectivity index (χ4n) is 3.43. The monoisotopic (exact) mass is 459 g/mol. The highest BCUT2D eigenvalue weighted by atomic mass is 32.2. The molecule has 1 amide bonds. The highest BCUT2D eigenvalue weighted by Gasteiger charge is 2.22. The van der Waals surface area contributed by atoms with E-state index in [0.29, 0.717) is 29.9 Å². The van der Waals surface area contributed by atoms with Crippen LogP contribution in [0.4, 0.5) is 0 Å². The number of rotatable bonds is 7. The van der Waals surface area contributed by atoms with E-state index >= 15 is 0 Å². The average molecular weight is 460 g/mol. The third-order valence-electron chi connectivity index (χ3n) is 5.01. The first-order valence-corrected chi connectivity index (χ1v) is 11.5. The van der Waals surface area contributed by atoms with Gasteiger partial charge in [-0.25, -0.2) is 0 Å². The summed E-state index contributed by atoms with van der Waals surface area (Å²) in [6.07, 6.45) is 3.20. The van der Waals surface area contributed by atoms with Crippen LogP contribution in [0.25, 0.3) is 17.1 Å². The van der Waals surface area contributed by atoms with Gasteiger partial charge in [0, 0.05) is 23.6 Å². The molecule has 3 heterocycles. The first kappa shape index (κ1) is 21.0. The smallest absolute Gasteiger partial charge is 0.230 e. The summed E-state index contributed by atoms with van der Waals surface area (Å²) in [5.41, 5.74) is 1.82. The molecule has 0 unspecified atom stereocenters. The lowest BCUT2D eigenvalue weighted by Gasteiger charge is -2.26. The Morgan fingerprint density at radius 3 is 2.58 bits per heavy atom. The maximum atomic E-state index is 12.5. The molecule has 1 aliphatic rings. The molecule has 5 rings (SSSR count). The molecule has 1 aliphatic heterocycles. The van der Waals surface area contributed by atoms with Gasteiger partial charge in [-0.2, -0.15) is 0 Å². The number of thioether (sulfide) groups is 1. The van der Waals surface area contributed by atoms with Crippen LogP contribution in [-0.4, -0.2) is 50.7 Å². The topological polar surface area (TPSA) is 91.2 Å². The quantitative estimate of drug-likeness (QED) is 0.424. The Kier molecular flexibility index (Phi) is 6.21. The van der Waals surface area contributed by atoms with Crippen LogP contribution in [0.3, 0.4) is 0 Å². The maximum absolute atomic E-state index is 12.5. The molecule has 2 aromatic heterocycles. The summed E-state index contributed by atoms with van der Waals surface area (Å²) in [6, 6.07) is 21.1. The van der Waals surface area contributed by atoms with Crippen LogP contribution in [0.1, 0.15) is 0 Å². The predicted octanol–water partition coefficient (Wildman–Crippen LogP) is 3.38. The molecular formula is C24H21N5O3S. The van der Waals surface area contributed by atoms with E-state index in [1.54, 1.807) is 12.4 Å². The summed E-state index contributed by atoms with van der Waals surface area (Å²) in [4.78, 5) is 16.6. The number of nitrogens with one attached hydrogen (secondary N) is 1. The van der Waals surface area contributed by atoms with E-state index in [1.807, 2.05) is 71.3 Å². The Hall–Kier alpha value is -3.85. The SMILES string of the molecule is O=C(CSc1nnc(-c2ccncc2)n1-c1ccccc1)NC[C@H]1COc2ccccc2O1. The Morgan fingerprint density at radius 2 is 1.76 bits per heavy atom. The van der Waals surface area contributed by atoms with Crippen LogP contribution in [-0.2, 0) is 4.79 Å². The molecule has 166 valence electrons. The minimum atomic E-state index is -0.236. The number of ether oxygens (including phenoxy) is 2. The molecule has 0 saturated carbocycles. The zero-order chi connectivity index (χ0) is 22.5. The fraction of sp³-hybridized carbons (Fsp3) is 0.167. The highest BCUT2D eigenvalue weighted by Crippen LogP contribution is 2.31. The van der Waals surface area contributed by atoms with Crippen LogP contribution in [0.2, 0.25) is 0 Å². The van der Waals surface area contributed by atoms with E-state index in [2.05, 4.69) is 20.5 Å². The molecule has 0 bridgehead atoms. The minimum absolute atomic E-state index is 0.115. The van der Waals surface area contributed by atoms with Crippen molar-refractivity contribution in [2.45, 2.75) is 11.3 Å². The number of carbonyl (C=O) groups is 1. The van der Waals surface area contributed by atoms with Crippen LogP contribution < -0.4 is 14.8 Å². The standard InChI is InChI=1S/C24H21N5O3S/c30-22(26-14-19-15-31-20-8-4-5-9-21(20)32-19)16-33-24-28-27-23(17-10-12-25-13-11-17)29(24)18-6-2-1-3-7-18/h1-13,19H,14-16H2,(H,26,30)/t19-/m0/s1. The number of nitrogens with zero attached hydrogens (tertiary/aromatic N) is 4. The summed E-state index contributed by atoms with van der Waals surface area (Å²) in [5.74, 6) is 2.19. The Labute approximate surface area is 195 Å². The number of hydrogen-bond acceptors (Lipinski definition) is 7. The third kappa shape index (κ3) is 4.83. The van der Waals surface area contributed by atoms with Crippen LogP contribution >= 0.6 is 11.8 Å². The van der Waals surface area contributed by atoms with Gasteiger partial charge in [0.05, 0.1) is 12.3 Å². The van der Waals surface area contributed by atoms with Gasteiger partial charge in [0.1, 0.15) is 12.7 Å². The number of amides is 1. The van der Waals surface area contributed by atoms with Gasteiger partial charge < -0.3 is 14.8 Å². The second-order valence-corrected chi connectivity index (χ2v) is 8.25. The molecular weight excluding hydrogens is 438 g/mol. The van der Waals surface area contributed by atoms with Gasteiger partial charge >= 0.3 is 0 Å². The van der Waals surface area contributed by atoms with Gasteiger partial charge in [0.15, 0.2) is 22.5 Å². The van der Waals surface area contributed by atoms with Crippen molar-refractivity contribution < 1.29 is 14.3 Å². The first-order valence-electron chi connectivity index (χ1n) is 10.5. The zero-order valence-electron chi connectivity index (χ0n) is 17.6. The van der Waals surface area contributed by atoms with E-state index in [1.165, 1.54) is 11.8 Å². The van der Waals surface area contributed by atoms with E-state index < -0.39 is 0 Å². The molecule has 0 saturated heterocycles. The maximum Gasteiger partial charge on any atom is 0.230 e. The van der Waals surface area contributed by atoms with Crippen molar-refractivity contribution in [1.82, 2.24) is 25.1 Å². The number of carbonyl (C=O) groups excluding carboxylic acids is 1. The van der Waals surface area contributed by atoms with Crippen molar-refractivity contribution in [3.63, 3.8) is 0 Å². The number of aromatic nitrogens is 4. The fourth-order valence-corrected chi connectivity index (χ4v) is 4.22. The van der Waals surface area contributed by atoms with Crippen LogP contribution in [0, 0.1) is 0 Å². The zero-order valence-corrected chi connectivity index (χ0v) is 18.4. The number of benzene rings is 2. The van der Waals surface area contributed by atoms with E-state index in [4.69, 9.17) is 9.47 Å².